The first-order valence-corrected chi connectivity index (χ1v) is 7.76. The van der Waals surface area contributed by atoms with Crippen molar-refractivity contribution in [3.8, 4) is 0 Å². The second-order valence-corrected chi connectivity index (χ2v) is 6.43. The van der Waals surface area contributed by atoms with E-state index < -0.39 is 16.6 Å². The lowest BCUT2D eigenvalue weighted by atomic mass is 10.0. The van der Waals surface area contributed by atoms with Crippen molar-refractivity contribution in [2.24, 2.45) is 5.73 Å². The average molecular weight is 291 g/mol. The van der Waals surface area contributed by atoms with Crippen LogP contribution in [0.1, 0.15) is 22.7 Å². The third kappa shape index (κ3) is 3.52. The maximum atomic E-state index is 13.6. The standard InChI is InChI=1S/C16H18FNOS/c1-11-7-12(2)9-13(8-11)15(18)10-20(19)16-6-4-3-5-14(16)17/h3-9,15H,10,18H2,1-2H3. The average Bonchev–Trinajstić information content (AvgIpc) is 2.37. The number of aryl methyl sites for hydroxylation is 2. The Morgan fingerprint density at radius 3 is 2.35 bits per heavy atom. The third-order valence-electron chi connectivity index (χ3n) is 3.09. The second kappa shape index (κ2) is 6.29. The van der Waals surface area contributed by atoms with Gasteiger partial charge in [-0.2, -0.15) is 0 Å². The number of nitrogens with two attached hydrogens (primary N) is 1. The molecule has 2 aromatic rings. The van der Waals surface area contributed by atoms with Gasteiger partial charge in [0.2, 0.25) is 0 Å². The molecule has 0 spiro atoms. The van der Waals surface area contributed by atoms with E-state index in [4.69, 9.17) is 5.73 Å². The molecule has 0 radical (unpaired) electrons. The van der Waals surface area contributed by atoms with Gasteiger partial charge in [-0.15, -0.1) is 0 Å². The lowest BCUT2D eigenvalue weighted by Crippen LogP contribution is -2.19. The van der Waals surface area contributed by atoms with Crippen molar-refractivity contribution in [1.82, 2.24) is 0 Å². The SMILES string of the molecule is Cc1cc(C)cc(C(N)CS(=O)c2ccccc2F)c1. The van der Waals surface area contributed by atoms with Crippen molar-refractivity contribution in [2.75, 3.05) is 5.75 Å². The van der Waals surface area contributed by atoms with E-state index in [0.29, 0.717) is 0 Å². The van der Waals surface area contributed by atoms with Gasteiger partial charge in [-0.05, 0) is 31.5 Å². The normalized spacial score (nSPS) is 14.0. The summed E-state index contributed by atoms with van der Waals surface area (Å²) in [6.45, 7) is 3.99. The summed E-state index contributed by atoms with van der Waals surface area (Å²) in [5, 5.41) is 0. The van der Waals surface area contributed by atoms with Gasteiger partial charge in [-0.25, -0.2) is 4.39 Å². The molecular weight excluding hydrogens is 273 g/mol. The minimum absolute atomic E-state index is 0.212. The molecule has 2 aromatic carbocycles. The predicted molar refractivity (Wildman–Crippen MR) is 80.5 cm³/mol. The van der Waals surface area contributed by atoms with Crippen molar-refractivity contribution in [3.63, 3.8) is 0 Å². The molecule has 2 unspecified atom stereocenters. The van der Waals surface area contributed by atoms with E-state index in [9.17, 15) is 8.60 Å². The molecule has 20 heavy (non-hydrogen) atoms. The Balaban J connectivity index is 2.17. The molecule has 2 atom stereocenters. The van der Waals surface area contributed by atoms with Crippen molar-refractivity contribution < 1.29 is 8.60 Å². The topological polar surface area (TPSA) is 43.1 Å². The van der Waals surface area contributed by atoms with E-state index in [1.807, 2.05) is 26.0 Å². The Hall–Kier alpha value is -1.52. The Labute approximate surface area is 121 Å². The van der Waals surface area contributed by atoms with E-state index in [1.54, 1.807) is 18.2 Å². The maximum Gasteiger partial charge on any atom is 0.139 e. The molecule has 2 nitrogen and oxygen atoms in total. The first-order valence-electron chi connectivity index (χ1n) is 6.44. The summed E-state index contributed by atoms with van der Waals surface area (Å²) in [5.74, 6) is -0.234. The smallest absolute Gasteiger partial charge is 0.139 e. The summed E-state index contributed by atoms with van der Waals surface area (Å²) in [5.41, 5.74) is 9.28. The fourth-order valence-electron chi connectivity index (χ4n) is 2.20. The molecule has 0 aliphatic carbocycles. The van der Waals surface area contributed by atoms with Crippen LogP contribution in [0.2, 0.25) is 0 Å². The molecule has 4 heteroatoms. The maximum absolute atomic E-state index is 13.6. The lowest BCUT2D eigenvalue weighted by molar-refractivity contribution is 0.594. The van der Waals surface area contributed by atoms with Gasteiger partial charge in [0.25, 0.3) is 0 Å². The van der Waals surface area contributed by atoms with Crippen LogP contribution in [0, 0.1) is 19.7 Å². The minimum atomic E-state index is -1.44. The fraction of sp³-hybridized carbons (Fsp3) is 0.250. The summed E-state index contributed by atoms with van der Waals surface area (Å²) in [6, 6.07) is 11.8. The second-order valence-electron chi connectivity index (χ2n) is 4.97. The van der Waals surface area contributed by atoms with Crippen molar-refractivity contribution in [2.45, 2.75) is 24.8 Å². The van der Waals surface area contributed by atoms with Crippen molar-refractivity contribution in [3.05, 3.63) is 65.0 Å². The van der Waals surface area contributed by atoms with Gasteiger partial charge in [0.05, 0.1) is 15.7 Å². The van der Waals surface area contributed by atoms with E-state index in [2.05, 4.69) is 6.07 Å². The highest BCUT2D eigenvalue weighted by atomic mass is 32.2. The highest BCUT2D eigenvalue weighted by Crippen LogP contribution is 2.19. The Bertz CT molecular complexity index is 622. The molecule has 2 rings (SSSR count). The molecule has 0 aliphatic rings. The van der Waals surface area contributed by atoms with Gasteiger partial charge in [0.1, 0.15) is 5.82 Å². The molecular formula is C16H18FNOS. The summed E-state index contributed by atoms with van der Waals surface area (Å²) >= 11 is 0. The Kier molecular flexibility index (Phi) is 4.68. The van der Waals surface area contributed by atoms with E-state index in [-0.39, 0.29) is 16.7 Å². The van der Waals surface area contributed by atoms with Gasteiger partial charge in [-0.1, -0.05) is 41.5 Å². The van der Waals surface area contributed by atoms with Crippen LogP contribution in [-0.2, 0) is 10.8 Å². The molecule has 0 amide bonds. The minimum Gasteiger partial charge on any atom is -0.323 e. The van der Waals surface area contributed by atoms with Crippen LogP contribution in [0.4, 0.5) is 4.39 Å². The largest absolute Gasteiger partial charge is 0.323 e. The molecule has 0 aliphatic heterocycles. The third-order valence-corrected chi connectivity index (χ3v) is 4.57. The van der Waals surface area contributed by atoms with Crippen LogP contribution >= 0.6 is 0 Å². The molecule has 0 bridgehead atoms. The molecule has 2 N–H and O–H groups in total. The van der Waals surface area contributed by atoms with Gasteiger partial charge >= 0.3 is 0 Å². The summed E-state index contributed by atoms with van der Waals surface area (Å²) in [7, 11) is -1.44. The summed E-state index contributed by atoms with van der Waals surface area (Å²) < 4.78 is 25.8. The molecule has 0 saturated carbocycles. The number of hydrogen-bond acceptors (Lipinski definition) is 2. The zero-order valence-electron chi connectivity index (χ0n) is 11.6. The molecule has 0 aromatic heterocycles. The Morgan fingerprint density at radius 1 is 1.15 bits per heavy atom. The number of hydrogen-bond donors (Lipinski definition) is 1. The van der Waals surface area contributed by atoms with Gasteiger partial charge in [0.15, 0.2) is 0 Å². The van der Waals surface area contributed by atoms with Crippen LogP contribution in [0.3, 0.4) is 0 Å². The van der Waals surface area contributed by atoms with Gasteiger partial charge in [0, 0.05) is 11.8 Å². The molecule has 0 saturated heterocycles. The van der Waals surface area contributed by atoms with Crippen LogP contribution in [-0.4, -0.2) is 9.96 Å². The van der Waals surface area contributed by atoms with Crippen LogP contribution in [0.5, 0.6) is 0 Å². The van der Waals surface area contributed by atoms with E-state index in [0.717, 1.165) is 16.7 Å². The number of benzene rings is 2. The zero-order chi connectivity index (χ0) is 14.7. The fourth-order valence-corrected chi connectivity index (χ4v) is 3.42. The van der Waals surface area contributed by atoms with Crippen molar-refractivity contribution in [1.29, 1.82) is 0 Å². The highest BCUT2D eigenvalue weighted by Gasteiger charge is 2.15. The molecule has 106 valence electrons. The van der Waals surface area contributed by atoms with E-state index >= 15 is 0 Å². The van der Waals surface area contributed by atoms with Gasteiger partial charge in [-0.3, -0.25) is 4.21 Å². The quantitative estimate of drug-likeness (QED) is 0.939. The monoisotopic (exact) mass is 291 g/mol. The zero-order valence-corrected chi connectivity index (χ0v) is 12.4. The highest BCUT2D eigenvalue weighted by molar-refractivity contribution is 7.85. The summed E-state index contributed by atoms with van der Waals surface area (Å²) in [4.78, 5) is 0.215. The predicted octanol–water partition coefficient (Wildman–Crippen LogP) is 3.25. The first-order chi connectivity index (χ1) is 9.47. The van der Waals surface area contributed by atoms with Gasteiger partial charge < -0.3 is 5.73 Å². The Morgan fingerprint density at radius 2 is 1.75 bits per heavy atom. The number of halogens is 1. The molecule has 0 fully saturated rings. The van der Waals surface area contributed by atoms with Crippen molar-refractivity contribution >= 4 is 10.8 Å². The molecule has 0 heterocycles. The number of rotatable bonds is 4. The van der Waals surface area contributed by atoms with Crippen LogP contribution in [0.15, 0.2) is 47.4 Å². The first kappa shape index (κ1) is 14.9. The van der Waals surface area contributed by atoms with Crippen LogP contribution in [0.25, 0.3) is 0 Å². The lowest BCUT2D eigenvalue weighted by Gasteiger charge is -2.14. The van der Waals surface area contributed by atoms with E-state index in [1.165, 1.54) is 6.07 Å². The van der Waals surface area contributed by atoms with Crippen LogP contribution < -0.4 is 5.73 Å². The summed E-state index contributed by atoms with van der Waals surface area (Å²) in [6.07, 6.45) is 0.